The fraction of sp³-hybridized carbons (Fsp3) is 0.0800. The van der Waals surface area contributed by atoms with Crippen LogP contribution in [-0.2, 0) is 0 Å². The Morgan fingerprint density at radius 3 is 2.44 bits per heavy atom. The minimum absolute atomic E-state index is 0.610. The fourth-order valence-corrected chi connectivity index (χ4v) is 3.84. The summed E-state index contributed by atoms with van der Waals surface area (Å²) in [5.74, 6) is 2.54. The molecule has 0 saturated heterocycles. The number of aromatic nitrogens is 3. The van der Waals surface area contributed by atoms with Crippen molar-refractivity contribution < 1.29 is 14.2 Å². The van der Waals surface area contributed by atoms with Gasteiger partial charge < -0.3 is 14.2 Å². The average Bonchev–Trinajstić information content (AvgIpc) is 2.84. The molecule has 0 aliphatic carbocycles. The van der Waals surface area contributed by atoms with Crippen LogP contribution in [0.2, 0.25) is 0 Å². The molecule has 158 valence electrons. The van der Waals surface area contributed by atoms with Crippen molar-refractivity contribution in [2.45, 2.75) is 0 Å². The molecule has 2 aromatic carbocycles. The van der Waals surface area contributed by atoms with Crippen LogP contribution in [0.4, 0.5) is 0 Å². The van der Waals surface area contributed by atoms with Gasteiger partial charge in [-0.25, -0.2) is 9.97 Å². The van der Waals surface area contributed by atoms with Gasteiger partial charge in [0.2, 0.25) is 0 Å². The monoisotopic (exact) mass is 487 g/mol. The highest BCUT2D eigenvalue weighted by Gasteiger charge is 2.13. The predicted molar refractivity (Wildman–Crippen MR) is 128 cm³/mol. The first-order valence-electron chi connectivity index (χ1n) is 9.86. The summed E-state index contributed by atoms with van der Waals surface area (Å²) in [7, 11) is 3.20. The maximum Gasteiger partial charge on any atom is 0.162 e. The molecule has 0 saturated carbocycles. The van der Waals surface area contributed by atoms with E-state index in [2.05, 4.69) is 25.9 Å². The third-order valence-corrected chi connectivity index (χ3v) is 5.77. The number of hydrogen-bond donors (Lipinski definition) is 0. The Kier molecular flexibility index (Phi) is 5.33. The number of pyridine rings is 3. The Labute approximate surface area is 193 Å². The topological polar surface area (TPSA) is 66.4 Å². The molecule has 0 N–H and O–H groups in total. The van der Waals surface area contributed by atoms with Gasteiger partial charge in [-0.3, -0.25) is 4.98 Å². The molecule has 0 aliphatic heterocycles. The molecule has 0 unspecified atom stereocenters. The molecule has 0 aliphatic rings. The lowest BCUT2D eigenvalue weighted by Gasteiger charge is -2.14. The van der Waals surface area contributed by atoms with E-state index in [1.54, 1.807) is 26.6 Å². The van der Waals surface area contributed by atoms with E-state index in [-0.39, 0.29) is 0 Å². The van der Waals surface area contributed by atoms with Crippen LogP contribution < -0.4 is 14.2 Å². The summed E-state index contributed by atoms with van der Waals surface area (Å²) in [4.78, 5) is 13.5. The number of ether oxygens (including phenoxy) is 3. The van der Waals surface area contributed by atoms with E-state index < -0.39 is 0 Å². The van der Waals surface area contributed by atoms with Gasteiger partial charge >= 0.3 is 0 Å². The Morgan fingerprint density at radius 2 is 1.59 bits per heavy atom. The lowest BCUT2D eigenvalue weighted by molar-refractivity contribution is 0.355. The van der Waals surface area contributed by atoms with E-state index in [0.29, 0.717) is 28.6 Å². The Hall–Kier alpha value is -3.71. The molecule has 3 heterocycles. The van der Waals surface area contributed by atoms with Gasteiger partial charge in [0.25, 0.3) is 0 Å². The standard InChI is InChI=1S/C25H18BrN3O3/c1-30-23-13-17-20(14-24(23)31-2)27-11-9-21(17)32-22-12-16(5-7-18(22)26)19-8-6-15-4-3-10-28-25(15)29-19/h3-14H,1-2H3. The van der Waals surface area contributed by atoms with E-state index >= 15 is 0 Å². The van der Waals surface area contributed by atoms with Gasteiger partial charge in [0.1, 0.15) is 11.5 Å². The molecule has 32 heavy (non-hydrogen) atoms. The SMILES string of the molecule is COc1cc2nccc(Oc3cc(-c4ccc5cccnc5n4)ccc3Br)c2cc1OC. The van der Waals surface area contributed by atoms with Gasteiger partial charge in [-0.2, -0.15) is 0 Å². The molecule has 0 bridgehead atoms. The first-order chi connectivity index (χ1) is 15.7. The minimum Gasteiger partial charge on any atom is -0.493 e. The number of fused-ring (bicyclic) bond motifs is 2. The van der Waals surface area contributed by atoms with Crippen LogP contribution in [0.3, 0.4) is 0 Å². The molecular weight excluding hydrogens is 470 g/mol. The van der Waals surface area contributed by atoms with Crippen LogP contribution in [0.1, 0.15) is 0 Å². The molecule has 7 heteroatoms. The second-order valence-electron chi connectivity index (χ2n) is 7.03. The molecule has 0 amide bonds. The smallest absolute Gasteiger partial charge is 0.162 e. The number of benzene rings is 2. The summed E-state index contributed by atoms with van der Waals surface area (Å²) >= 11 is 3.60. The summed E-state index contributed by atoms with van der Waals surface area (Å²) in [6.07, 6.45) is 3.45. The Morgan fingerprint density at radius 1 is 0.750 bits per heavy atom. The van der Waals surface area contributed by atoms with Gasteiger partial charge in [0.15, 0.2) is 17.1 Å². The van der Waals surface area contributed by atoms with E-state index in [4.69, 9.17) is 19.2 Å². The number of methoxy groups -OCH3 is 2. The van der Waals surface area contributed by atoms with E-state index in [9.17, 15) is 0 Å². The van der Waals surface area contributed by atoms with Crippen molar-refractivity contribution in [2.75, 3.05) is 14.2 Å². The van der Waals surface area contributed by atoms with Crippen molar-refractivity contribution in [1.82, 2.24) is 15.0 Å². The third kappa shape index (κ3) is 3.71. The highest BCUT2D eigenvalue weighted by molar-refractivity contribution is 9.10. The van der Waals surface area contributed by atoms with Gasteiger partial charge in [-0.15, -0.1) is 0 Å². The number of hydrogen-bond acceptors (Lipinski definition) is 6. The van der Waals surface area contributed by atoms with E-state index in [0.717, 1.165) is 32.0 Å². The molecule has 0 fully saturated rings. The highest BCUT2D eigenvalue weighted by Crippen LogP contribution is 2.39. The number of rotatable bonds is 5. The Balaban J connectivity index is 1.56. The molecule has 0 spiro atoms. The van der Waals surface area contributed by atoms with Crippen molar-refractivity contribution in [1.29, 1.82) is 0 Å². The summed E-state index contributed by atoms with van der Waals surface area (Å²) in [6.45, 7) is 0. The quantitative estimate of drug-likeness (QED) is 0.285. The zero-order valence-electron chi connectivity index (χ0n) is 17.4. The zero-order valence-corrected chi connectivity index (χ0v) is 19.0. The van der Waals surface area contributed by atoms with Crippen molar-refractivity contribution in [3.8, 4) is 34.3 Å². The van der Waals surface area contributed by atoms with Crippen molar-refractivity contribution in [3.05, 3.63) is 77.5 Å². The number of halogens is 1. The van der Waals surface area contributed by atoms with Crippen LogP contribution in [-0.4, -0.2) is 29.2 Å². The molecule has 6 nitrogen and oxygen atoms in total. The van der Waals surface area contributed by atoms with E-state index in [1.165, 1.54) is 0 Å². The highest BCUT2D eigenvalue weighted by atomic mass is 79.9. The average molecular weight is 488 g/mol. The predicted octanol–water partition coefficient (Wildman–Crippen LogP) is 6.42. The van der Waals surface area contributed by atoms with Crippen molar-refractivity contribution in [2.24, 2.45) is 0 Å². The van der Waals surface area contributed by atoms with Crippen LogP contribution >= 0.6 is 15.9 Å². The molecule has 3 aromatic heterocycles. The lowest BCUT2D eigenvalue weighted by Crippen LogP contribution is -1.94. The van der Waals surface area contributed by atoms with Gasteiger partial charge in [-0.05, 0) is 64.5 Å². The van der Waals surface area contributed by atoms with Crippen LogP contribution in [0, 0.1) is 0 Å². The van der Waals surface area contributed by atoms with Crippen LogP contribution in [0.5, 0.6) is 23.0 Å². The lowest BCUT2D eigenvalue weighted by atomic mass is 10.1. The van der Waals surface area contributed by atoms with Gasteiger partial charge in [0.05, 0.1) is 29.9 Å². The minimum atomic E-state index is 0.610. The Bertz CT molecular complexity index is 1460. The first-order valence-corrected chi connectivity index (χ1v) is 10.7. The van der Waals surface area contributed by atoms with Crippen LogP contribution in [0.25, 0.3) is 33.2 Å². The largest absolute Gasteiger partial charge is 0.493 e. The summed E-state index contributed by atoms with van der Waals surface area (Å²) < 4.78 is 18.0. The summed E-state index contributed by atoms with van der Waals surface area (Å²) in [5, 5.41) is 1.81. The third-order valence-electron chi connectivity index (χ3n) is 5.12. The maximum absolute atomic E-state index is 6.32. The first kappa shape index (κ1) is 20.2. The van der Waals surface area contributed by atoms with Gasteiger partial charge in [0, 0.05) is 34.8 Å². The molecule has 5 rings (SSSR count). The molecule has 0 radical (unpaired) electrons. The van der Waals surface area contributed by atoms with Gasteiger partial charge in [-0.1, -0.05) is 6.07 Å². The van der Waals surface area contributed by atoms with Crippen molar-refractivity contribution >= 4 is 37.9 Å². The van der Waals surface area contributed by atoms with E-state index in [1.807, 2.05) is 60.7 Å². The second-order valence-corrected chi connectivity index (χ2v) is 7.88. The zero-order chi connectivity index (χ0) is 22.1. The molecule has 0 atom stereocenters. The van der Waals surface area contributed by atoms with Crippen LogP contribution in [0.15, 0.2) is 77.5 Å². The maximum atomic E-state index is 6.32. The van der Waals surface area contributed by atoms with Crippen molar-refractivity contribution in [3.63, 3.8) is 0 Å². The summed E-state index contributed by atoms with van der Waals surface area (Å²) in [5.41, 5.74) is 3.19. The normalized spacial score (nSPS) is 11.0. The number of nitrogens with zero attached hydrogens (tertiary/aromatic N) is 3. The molecule has 5 aromatic rings. The summed E-state index contributed by atoms with van der Waals surface area (Å²) in [6, 6.07) is 19.3. The molecular formula is C25H18BrN3O3. The second kappa shape index (κ2) is 8.43. The fourth-order valence-electron chi connectivity index (χ4n) is 3.51.